The first-order valence-electron chi connectivity index (χ1n) is 6.30. The summed E-state index contributed by atoms with van der Waals surface area (Å²) in [6.07, 6.45) is 3.20. The van der Waals surface area contributed by atoms with Gasteiger partial charge in [-0.15, -0.1) is 0 Å². The Kier molecular flexibility index (Phi) is 2.50. The van der Waals surface area contributed by atoms with Gasteiger partial charge in [0, 0.05) is 11.8 Å². The molecule has 0 radical (unpaired) electrons. The molecule has 1 N–H and O–H groups in total. The van der Waals surface area contributed by atoms with Gasteiger partial charge in [-0.1, -0.05) is 0 Å². The Morgan fingerprint density at radius 2 is 2.14 bits per heavy atom. The van der Waals surface area contributed by atoms with Gasteiger partial charge < -0.3 is 14.8 Å². The molecule has 3 heterocycles. The first-order valence-corrected chi connectivity index (χ1v) is 6.30. The maximum atomic E-state index is 12.3. The van der Waals surface area contributed by atoms with Crippen LogP contribution in [0.25, 0.3) is 5.65 Å². The van der Waals surface area contributed by atoms with Gasteiger partial charge >= 0.3 is 0 Å². The van der Waals surface area contributed by atoms with Crippen molar-refractivity contribution in [2.45, 2.75) is 0 Å². The molecule has 0 saturated carbocycles. The average molecular weight is 282 g/mol. The molecule has 0 unspecified atom stereocenters. The highest BCUT2D eigenvalue weighted by atomic mass is 16.7. The molecule has 0 aliphatic carbocycles. The van der Waals surface area contributed by atoms with Crippen molar-refractivity contribution in [3.05, 3.63) is 48.4 Å². The van der Waals surface area contributed by atoms with Crippen molar-refractivity contribution < 1.29 is 14.3 Å². The van der Waals surface area contributed by atoms with E-state index in [2.05, 4.69) is 15.4 Å². The summed E-state index contributed by atoms with van der Waals surface area (Å²) in [7, 11) is 0. The lowest BCUT2D eigenvalue weighted by atomic mass is 10.2. The largest absolute Gasteiger partial charge is 0.454 e. The van der Waals surface area contributed by atoms with Crippen molar-refractivity contribution in [1.82, 2.24) is 14.6 Å². The van der Waals surface area contributed by atoms with Gasteiger partial charge in [0.25, 0.3) is 5.91 Å². The van der Waals surface area contributed by atoms with Gasteiger partial charge in [0.2, 0.25) is 6.79 Å². The van der Waals surface area contributed by atoms with Crippen molar-refractivity contribution in [1.29, 1.82) is 0 Å². The summed E-state index contributed by atoms with van der Waals surface area (Å²) in [6.45, 7) is 0.180. The number of ether oxygens (including phenoxy) is 2. The Bertz CT molecular complexity index is 843. The number of amides is 1. The van der Waals surface area contributed by atoms with Gasteiger partial charge in [-0.25, -0.2) is 9.50 Å². The van der Waals surface area contributed by atoms with E-state index < -0.39 is 0 Å². The van der Waals surface area contributed by atoms with Gasteiger partial charge in [-0.05, 0) is 30.3 Å². The van der Waals surface area contributed by atoms with Crippen LogP contribution < -0.4 is 14.8 Å². The quantitative estimate of drug-likeness (QED) is 0.774. The van der Waals surface area contributed by atoms with Gasteiger partial charge in [0.1, 0.15) is 6.33 Å². The smallest absolute Gasteiger partial charge is 0.255 e. The fourth-order valence-electron chi connectivity index (χ4n) is 2.18. The van der Waals surface area contributed by atoms with Crippen LogP contribution in [0.15, 0.2) is 42.9 Å². The van der Waals surface area contributed by atoms with Crippen LogP contribution in [0.4, 0.5) is 5.69 Å². The summed E-state index contributed by atoms with van der Waals surface area (Å²) in [5, 5.41) is 6.84. The van der Waals surface area contributed by atoms with Gasteiger partial charge in [-0.2, -0.15) is 5.10 Å². The minimum atomic E-state index is -0.246. The zero-order valence-corrected chi connectivity index (χ0v) is 10.8. The number of benzene rings is 1. The van der Waals surface area contributed by atoms with E-state index in [9.17, 15) is 4.79 Å². The Morgan fingerprint density at radius 1 is 1.24 bits per heavy atom. The lowest BCUT2D eigenvalue weighted by Gasteiger charge is -2.06. The number of aromatic nitrogens is 3. The summed E-state index contributed by atoms with van der Waals surface area (Å²) in [6, 6.07) is 8.62. The molecule has 0 saturated heterocycles. The second kappa shape index (κ2) is 4.48. The summed E-state index contributed by atoms with van der Waals surface area (Å²) in [5.41, 5.74) is 1.67. The molecule has 0 spiro atoms. The van der Waals surface area contributed by atoms with Crippen molar-refractivity contribution >= 4 is 17.2 Å². The van der Waals surface area contributed by atoms with E-state index >= 15 is 0 Å². The van der Waals surface area contributed by atoms with E-state index in [1.807, 2.05) is 0 Å². The van der Waals surface area contributed by atoms with Crippen LogP contribution in [0.5, 0.6) is 11.5 Å². The number of hydrogen-bond donors (Lipinski definition) is 1. The zero-order chi connectivity index (χ0) is 14.2. The maximum Gasteiger partial charge on any atom is 0.255 e. The molecule has 7 heteroatoms. The molecule has 1 aliphatic rings. The fraction of sp³-hybridized carbons (Fsp3) is 0.0714. The Labute approximate surface area is 119 Å². The molecule has 7 nitrogen and oxygen atoms in total. The molecular weight excluding hydrogens is 272 g/mol. The predicted octanol–water partition coefficient (Wildman–Crippen LogP) is 1.71. The number of nitrogens with zero attached hydrogens (tertiary/aromatic N) is 3. The standard InChI is InChI=1S/C14H10N4O3/c19-14(9-3-4-11-12(6-9)21-8-20-11)17-10-2-1-5-18-13(10)15-7-16-18/h1-7H,8H2,(H,17,19). The number of anilines is 1. The van der Waals surface area contributed by atoms with E-state index in [1.54, 1.807) is 41.0 Å². The summed E-state index contributed by atoms with van der Waals surface area (Å²) in [4.78, 5) is 16.4. The highest BCUT2D eigenvalue weighted by molar-refractivity contribution is 6.06. The number of rotatable bonds is 2. The number of hydrogen-bond acceptors (Lipinski definition) is 5. The molecule has 1 aliphatic heterocycles. The molecule has 0 bridgehead atoms. The van der Waals surface area contributed by atoms with E-state index in [-0.39, 0.29) is 12.7 Å². The molecule has 4 rings (SSSR count). The molecule has 104 valence electrons. The third-order valence-electron chi connectivity index (χ3n) is 3.19. The van der Waals surface area contributed by atoms with Crippen LogP contribution in [0.2, 0.25) is 0 Å². The highest BCUT2D eigenvalue weighted by Gasteiger charge is 2.17. The number of carbonyl (C=O) groups is 1. The van der Waals surface area contributed by atoms with Crippen LogP contribution in [0, 0.1) is 0 Å². The topological polar surface area (TPSA) is 77.8 Å². The minimum absolute atomic E-state index is 0.180. The SMILES string of the molecule is O=C(Nc1cccn2ncnc12)c1ccc2c(c1)OCO2. The second-order valence-corrected chi connectivity index (χ2v) is 4.47. The summed E-state index contributed by atoms with van der Waals surface area (Å²) >= 11 is 0. The van der Waals surface area contributed by atoms with Crippen LogP contribution in [-0.2, 0) is 0 Å². The summed E-state index contributed by atoms with van der Waals surface area (Å²) < 4.78 is 12.1. The lowest BCUT2D eigenvalue weighted by Crippen LogP contribution is -2.12. The van der Waals surface area contributed by atoms with Crippen molar-refractivity contribution in [3.63, 3.8) is 0 Å². The number of pyridine rings is 1. The lowest BCUT2D eigenvalue weighted by molar-refractivity contribution is 0.102. The van der Waals surface area contributed by atoms with Crippen LogP contribution in [0.3, 0.4) is 0 Å². The number of nitrogens with one attached hydrogen (secondary N) is 1. The minimum Gasteiger partial charge on any atom is -0.454 e. The van der Waals surface area contributed by atoms with Gasteiger partial charge in [0.15, 0.2) is 17.1 Å². The third-order valence-corrected chi connectivity index (χ3v) is 3.19. The fourth-order valence-corrected chi connectivity index (χ4v) is 2.18. The Balaban J connectivity index is 1.65. The molecule has 1 aromatic carbocycles. The number of fused-ring (bicyclic) bond motifs is 2. The van der Waals surface area contributed by atoms with E-state index in [0.717, 1.165) is 0 Å². The molecular formula is C14H10N4O3. The molecule has 0 fully saturated rings. The normalized spacial score (nSPS) is 12.6. The average Bonchev–Trinajstić information content (AvgIpc) is 3.15. The number of carbonyl (C=O) groups excluding carboxylic acids is 1. The van der Waals surface area contributed by atoms with E-state index in [0.29, 0.717) is 28.4 Å². The van der Waals surface area contributed by atoms with Crippen molar-refractivity contribution in [2.24, 2.45) is 0 Å². The van der Waals surface area contributed by atoms with Gasteiger partial charge in [-0.3, -0.25) is 4.79 Å². The van der Waals surface area contributed by atoms with Crippen LogP contribution >= 0.6 is 0 Å². The maximum absolute atomic E-state index is 12.3. The summed E-state index contributed by atoms with van der Waals surface area (Å²) in [5.74, 6) is 0.971. The molecule has 0 atom stereocenters. The monoisotopic (exact) mass is 282 g/mol. The van der Waals surface area contributed by atoms with Crippen molar-refractivity contribution in [2.75, 3.05) is 12.1 Å². The molecule has 1 amide bonds. The second-order valence-electron chi connectivity index (χ2n) is 4.47. The molecule has 2 aromatic heterocycles. The van der Waals surface area contributed by atoms with E-state index in [1.165, 1.54) is 6.33 Å². The zero-order valence-electron chi connectivity index (χ0n) is 10.8. The molecule has 21 heavy (non-hydrogen) atoms. The predicted molar refractivity (Wildman–Crippen MR) is 73.5 cm³/mol. The van der Waals surface area contributed by atoms with Crippen LogP contribution in [-0.4, -0.2) is 27.3 Å². The Morgan fingerprint density at radius 3 is 3.10 bits per heavy atom. The first kappa shape index (κ1) is 11.7. The van der Waals surface area contributed by atoms with E-state index in [4.69, 9.17) is 9.47 Å². The first-order chi connectivity index (χ1) is 10.3. The highest BCUT2D eigenvalue weighted by Crippen LogP contribution is 2.32. The van der Waals surface area contributed by atoms with Crippen LogP contribution in [0.1, 0.15) is 10.4 Å². The van der Waals surface area contributed by atoms with Crippen molar-refractivity contribution in [3.8, 4) is 11.5 Å². The van der Waals surface area contributed by atoms with Gasteiger partial charge in [0.05, 0.1) is 5.69 Å². The third kappa shape index (κ3) is 1.95. The molecule has 3 aromatic rings. The Hall–Kier alpha value is -3.09.